The highest BCUT2D eigenvalue weighted by Crippen LogP contribution is 2.09. The molecule has 0 radical (unpaired) electrons. The number of rotatable bonds is 5. The Morgan fingerprint density at radius 2 is 2.36 bits per heavy atom. The van der Waals surface area contributed by atoms with Gasteiger partial charge in [0.05, 0.1) is 0 Å². The second-order valence-electron chi connectivity index (χ2n) is 2.90. The summed E-state index contributed by atoms with van der Waals surface area (Å²) in [4.78, 5) is 4.22. The van der Waals surface area contributed by atoms with Crippen molar-refractivity contribution in [3.8, 4) is 0 Å². The number of halogens is 1. The van der Waals surface area contributed by atoms with E-state index in [1.165, 1.54) is 0 Å². The number of aromatic nitrogens is 1. The Morgan fingerprint density at radius 3 is 3.00 bits per heavy atom. The second-order valence-corrected chi connectivity index (χ2v) is 5.27. The predicted octanol–water partition coefficient (Wildman–Crippen LogP) is 2.02. The molecule has 1 atom stereocenters. The van der Waals surface area contributed by atoms with Crippen LogP contribution in [0.5, 0.6) is 0 Å². The molecule has 1 rings (SSSR count). The van der Waals surface area contributed by atoms with Crippen molar-refractivity contribution >= 4 is 32.5 Å². The molecule has 14 heavy (non-hydrogen) atoms. The van der Waals surface area contributed by atoms with Gasteiger partial charge < -0.3 is 5.32 Å². The Balaban J connectivity index is 2.28. The summed E-state index contributed by atoms with van der Waals surface area (Å²) in [6.07, 6.45) is 2.62. The van der Waals surface area contributed by atoms with Gasteiger partial charge in [-0.05, 0) is 34.5 Å². The van der Waals surface area contributed by atoms with E-state index in [0.29, 0.717) is 0 Å². The smallest absolute Gasteiger partial charge is 0.127 e. The van der Waals surface area contributed by atoms with Crippen LogP contribution in [0.1, 0.15) is 6.42 Å². The first-order valence-corrected chi connectivity index (χ1v) is 6.87. The molecule has 0 aliphatic heterocycles. The molecule has 5 heteroatoms. The topological polar surface area (TPSA) is 42.0 Å². The Morgan fingerprint density at radius 1 is 1.57 bits per heavy atom. The van der Waals surface area contributed by atoms with Gasteiger partial charge in [-0.2, -0.15) is 0 Å². The zero-order valence-electron chi connectivity index (χ0n) is 8.00. The number of anilines is 1. The van der Waals surface area contributed by atoms with Gasteiger partial charge in [0.25, 0.3) is 0 Å². The molecule has 78 valence electrons. The van der Waals surface area contributed by atoms with Crippen LogP contribution in [0.15, 0.2) is 22.8 Å². The van der Waals surface area contributed by atoms with Gasteiger partial charge >= 0.3 is 0 Å². The van der Waals surface area contributed by atoms with Crippen molar-refractivity contribution in [1.29, 1.82) is 0 Å². The first kappa shape index (κ1) is 11.7. The van der Waals surface area contributed by atoms with E-state index in [4.69, 9.17) is 0 Å². The maximum absolute atomic E-state index is 10.8. The average Bonchev–Trinajstić information content (AvgIpc) is 2.12. The van der Waals surface area contributed by atoms with Crippen molar-refractivity contribution in [2.24, 2.45) is 0 Å². The van der Waals surface area contributed by atoms with Crippen LogP contribution >= 0.6 is 15.9 Å². The third-order valence-corrected chi connectivity index (χ3v) is 2.94. The number of nitrogens with zero attached hydrogens (tertiary/aromatic N) is 1. The summed E-state index contributed by atoms with van der Waals surface area (Å²) in [6.45, 7) is 0.809. The fourth-order valence-electron chi connectivity index (χ4n) is 0.999. The Hall–Kier alpha value is -0.420. The molecule has 3 nitrogen and oxygen atoms in total. The third-order valence-electron chi connectivity index (χ3n) is 1.63. The summed E-state index contributed by atoms with van der Waals surface area (Å²) in [5.74, 6) is 1.59. The molecule has 1 aromatic heterocycles. The van der Waals surface area contributed by atoms with Crippen LogP contribution in [0.2, 0.25) is 0 Å². The largest absolute Gasteiger partial charge is 0.370 e. The number of pyridine rings is 1. The second kappa shape index (κ2) is 6.14. The standard InChI is InChI=1S/C9H13BrN2OS/c1-14(13)7-3-6-11-9-5-2-4-8(10)12-9/h2,4-5H,3,6-7H2,1H3,(H,11,12). The van der Waals surface area contributed by atoms with Crippen LogP contribution in [0.25, 0.3) is 0 Å². The molecule has 1 aromatic rings. The van der Waals surface area contributed by atoms with Crippen LogP contribution in [-0.4, -0.2) is 27.7 Å². The maximum atomic E-state index is 10.8. The van der Waals surface area contributed by atoms with Crippen molar-refractivity contribution in [3.05, 3.63) is 22.8 Å². The molecule has 0 aliphatic carbocycles. The van der Waals surface area contributed by atoms with E-state index < -0.39 is 10.8 Å². The monoisotopic (exact) mass is 276 g/mol. The molecule has 0 aromatic carbocycles. The third kappa shape index (κ3) is 4.72. The lowest BCUT2D eigenvalue weighted by molar-refractivity contribution is 0.685. The van der Waals surface area contributed by atoms with Gasteiger partial charge in [0.1, 0.15) is 10.4 Å². The van der Waals surface area contributed by atoms with Crippen LogP contribution in [0.4, 0.5) is 5.82 Å². The molecule has 1 heterocycles. The molecule has 1 unspecified atom stereocenters. The summed E-state index contributed by atoms with van der Waals surface area (Å²) in [5.41, 5.74) is 0. The minimum absolute atomic E-state index is 0.698. The van der Waals surface area contributed by atoms with Crippen LogP contribution < -0.4 is 5.32 Å². The molecular formula is C9H13BrN2OS. The van der Waals surface area contributed by atoms with E-state index in [1.807, 2.05) is 18.2 Å². The molecule has 1 N–H and O–H groups in total. The molecule has 0 amide bonds. The molecule has 0 spiro atoms. The van der Waals surface area contributed by atoms with Crippen molar-refractivity contribution < 1.29 is 4.21 Å². The first-order valence-electron chi connectivity index (χ1n) is 4.35. The van der Waals surface area contributed by atoms with Crippen molar-refractivity contribution in [2.75, 3.05) is 23.9 Å². The predicted molar refractivity (Wildman–Crippen MR) is 64.0 cm³/mol. The van der Waals surface area contributed by atoms with E-state index in [0.717, 1.165) is 29.1 Å². The summed E-state index contributed by atoms with van der Waals surface area (Å²) < 4.78 is 11.6. The fraction of sp³-hybridized carbons (Fsp3) is 0.444. The van der Waals surface area contributed by atoms with E-state index in [2.05, 4.69) is 26.2 Å². The Kier molecular flexibility index (Phi) is 5.11. The molecular weight excluding hydrogens is 264 g/mol. The lowest BCUT2D eigenvalue weighted by Gasteiger charge is -2.04. The van der Waals surface area contributed by atoms with Crippen molar-refractivity contribution in [2.45, 2.75) is 6.42 Å². The van der Waals surface area contributed by atoms with Gasteiger partial charge in [-0.15, -0.1) is 0 Å². The summed E-state index contributed by atoms with van der Waals surface area (Å²) in [5, 5.41) is 3.17. The van der Waals surface area contributed by atoms with E-state index >= 15 is 0 Å². The van der Waals surface area contributed by atoms with Crippen molar-refractivity contribution in [3.63, 3.8) is 0 Å². The highest BCUT2D eigenvalue weighted by molar-refractivity contribution is 9.10. The average molecular weight is 277 g/mol. The number of nitrogens with one attached hydrogen (secondary N) is 1. The van der Waals surface area contributed by atoms with Crippen LogP contribution in [0, 0.1) is 0 Å². The summed E-state index contributed by atoms with van der Waals surface area (Å²) in [7, 11) is -0.698. The maximum Gasteiger partial charge on any atom is 0.127 e. The SMILES string of the molecule is CS(=O)CCCNc1cccc(Br)n1. The minimum Gasteiger partial charge on any atom is -0.370 e. The van der Waals surface area contributed by atoms with Gasteiger partial charge in [0.2, 0.25) is 0 Å². The Labute approximate surface area is 94.9 Å². The summed E-state index contributed by atoms with van der Waals surface area (Å²) in [6, 6.07) is 5.72. The zero-order valence-corrected chi connectivity index (χ0v) is 10.4. The quantitative estimate of drug-likeness (QED) is 0.661. The normalized spacial score (nSPS) is 12.4. The van der Waals surface area contributed by atoms with Gasteiger partial charge in [-0.1, -0.05) is 6.07 Å². The van der Waals surface area contributed by atoms with Gasteiger partial charge in [-0.25, -0.2) is 4.98 Å². The Bertz CT molecular complexity index is 319. The lowest BCUT2D eigenvalue weighted by Crippen LogP contribution is -2.07. The summed E-state index contributed by atoms with van der Waals surface area (Å²) >= 11 is 3.29. The van der Waals surface area contributed by atoms with Gasteiger partial charge in [0, 0.05) is 29.4 Å². The first-order chi connectivity index (χ1) is 6.68. The minimum atomic E-state index is -0.698. The van der Waals surface area contributed by atoms with E-state index in [1.54, 1.807) is 6.26 Å². The lowest BCUT2D eigenvalue weighted by atomic mass is 10.4. The van der Waals surface area contributed by atoms with E-state index in [-0.39, 0.29) is 0 Å². The van der Waals surface area contributed by atoms with Crippen LogP contribution in [0.3, 0.4) is 0 Å². The van der Waals surface area contributed by atoms with Gasteiger partial charge in [0.15, 0.2) is 0 Å². The molecule has 0 saturated heterocycles. The molecule has 0 bridgehead atoms. The fourth-order valence-corrected chi connectivity index (χ4v) is 1.89. The van der Waals surface area contributed by atoms with Crippen molar-refractivity contribution in [1.82, 2.24) is 4.98 Å². The number of hydrogen-bond acceptors (Lipinski definition) is 3. The van der Waals surface area contributed by atoms with Crippen LogP contribution in [-0.2, 0) is 10.8 Å². The van der Waals surface area contributed by atoms with E-state index in [9.17, 15) is 4.21 Å². The molecule has 0 fully saturated rings. The van der Waals surface area contributed by atoms with Gasteiger partial charge in [-0.3, -0.25) is 4.21 Å². The highest BCUT2D eigenvalue weighted by atomic mass is 79.9. The highest BCUT2D eigenvalue weighted by Gasteiger charge is 1.95. The zero-order chi connectivity index (χ0) is 10.4. The molecule has 0 aliphatic rings. The number of hydrogen-bond donors (Lipinski definition) is 1. The molecule has 0 saturated carbocycles.